The second kappa shape index (κ2) is 5.70. The van der Waals surface area contributed by atoms with E-state index in [0.717, 1.165) is 18.8 Å². The summed E-state index contributed by atoms with van der Waals surface area (Å²) < 4.78 is 0. The first-order valence-electron chi connectivity index (χ1n) is 4.32. The van der Waals surface area contributed by atoms with E-state index in [1.54, 1.807) is 12.1 Å². The fraction of sp³-hybridized carbons (Fsp3) is 0.400. The zero-order chi connectivity index (χ0) is 8.97. The summed E-state index contributed by atoms with van der Waals surface area (Å²) >= 11 is 0. The van der Waals surface area contributed by atoms with Crippen LogP contribution in [0.4, 0.5) is 5.69 Å². The third-order valence-electron chi connectivity index (χ3n) is 1.98. The van der Waals surface area contributed by atoms with Crippen LogP contribution in [-0.4, -0.2) is 18.2 Å². The Kier molecular flexibility index (Phi) is 5.31. The first kappa shape index (κ1) is 12.1. The minimum absolute atomic E-state index is 0. The van der Waals surface area contributed by atoms with Gasteiger partial charge in [0.15, 0.2) is 0 Å². The zero-order valence-corrected chi connectivity index (χ0v) is 8.75. The SMILES string of the molecule is CCN(CC)c1ccc(O)cc1.[Cl-]. The van der Waals surface area contributed by atoms with Crippen molar-refractivity contribution in [1.82, 2.24) is 0 Å². The summed E-state index contributed by atoms with van der Waals surface area (Å²) in [5, 5.41) is 9.07. The molecule has 0 saturated heterocycles. The molecule has 1 aromatic carbocycles. The minimum atomic E-state index is 0. The average Bonchev–Trinajstić information content (AvgIpc) is 2.10. The molecule has 0 unspecified atom stereocenters. The van der Waals surface area contributed by atoms with Gasteiger partial charge in [-0.3, -0.25) is 0 Å². The second-order valence-corrected chi connectivity index (χ2v) is 2.69. The molecule has 0 aromatic heterocycles. The molecular formula is C10H15ClNO-. The van der Waals surface area contributed by atoms with Crippen LogP contribution in [0.5, 0.6) is 5.75 Å². The molecule has 0 aliphatic heterocycles. The number of anilines is 1. The van der Waals surface area contributed by atoms with Gasteiger partial charge in [0.05, 0.1) is 0 Å². The van der Waals surface area contributed by atoms with Crippen LogP contribution in [-0.2, 0) is 0 Å². The van der Waals surface area contributed by atoms with Gasteiger partial charge in [0.2, 0.25) is 0 Å². The predicted octanol–water partition coefficient (Wildman–Crippen LogP) is -0.758. The molecule has 0 fully saturated rings. The molecule has 74 valence electrons. The molecule has 1 rings (SSSR count). The number of phenolic OH excluding ortho intramolecular Hbond substituents is 1. The Bertz CT molecular complexity index is 231. The summed E-state index contributed by atoms with van der Waals surface area (Å²) in [6.45, 7) is 6.25. The molecule has 0 radical (unpaired) electrons. The zero-order valence-electron chi connectivity index (χ0n) is 8.00. The van der Waals surface area contributed by atoms with Crippen molar-refractivity contribution in [1.29, 1.82) is 0 Å². The van der Waals surface area contributed by atoms with Crippen LogP contribution < -0.4 is 17.3 Å². The number of hydrogen-bond donors (Lipinski definition) is 1. The lowest BCUT2D eigenvalue weighted by atomic mass is 10.2. The lowest BCUT2D eigenvalue weighted by Gasteiger charge is -2.20. The maximum atomic E-state index is 9.07. The molecule has 3 heteroatoms. The van der Waals surface area contributed by atoms with Crippen LogP contribution in [0.25, 0.3) is 0 Å². The van der Waals surface area contributed by atoms with Gasteiger partial charge >= 0.3 is 0 Å². The van der Waals surface area contributed by atoms with Crippen molar-refractivity contribution in [2.24, 2.45) is 0 Å². The van der Waals surface area contributed by atoms with Crippen molar-refractivity contribution >= 4 is 5.69 Å². The van der Waals surface area contributed by atoms with Crippen molar-refractivity contribution in [3.05, 3.63) is 24.3 Å². The largest absolute Gasteiger partial charge is 1.00 e. The first-order valence-corrected chi connectivity index (χ1v) is 4.32. The number of nitrogens with zero attached hydrogens (tertiary/aromatic N) is 1. The van der Waals surface area contributed by atoms with Crippen molar-refractivity contribution < 1.29 is 17.5 Å². The highest BCUT2D eigenvalue weighted by Gasteiger charge is 1.99. The molecule has 0 aliphatic rings. The summed E-state index contributed by atoms with van der Waals surface area (Å²) in [5.74, 6) is 0.325. The number of hydrogen-bond acceptors (Lipinski definition) is 2. The van der Waals surface area contributed by atoms with Crippen LogP contribution in [0, 0.1) is 0 Å². The van der Waals surface area contributed by atoms with E-state index < -0.39 is 0 Å². The van der Waals surface area contributed by atoms with Crippen molar-refractivity contribution in [2.75, 3.05) is 18.0 Å². The quantitative estimate of drug-likeness (QED) is 0.694. The van der Waals surface area contributed by atoms with Crippen molar-refractivity contribution in [3.63, 3.8) is 0 Å². The van der Waals surface area contributed by atoms with E-state index >= 15 is 0 Å². The van der Waals surface area contributed by atoms with Gasteiger partial charge in [0.1, 0.15) is 5.75 Å². The van der Waals surface area contributed by atoms with Gasteiger partial charge in [-0.25, -0.2) is 0 Å². The fourth-order valence-electron chi connectivity index (χ4n) is 1.25. The van der Waals surface area contributed by atoms with E-state index in [4.69, 9.17) is 5.11 Å². The summed E-state index contributed by atoms with van der Waals surface area (Å²) in [6.07, 6.45) is 0. The van der Waals surface area contributed by atoms with Gasteiger partial charge in [0.25, 0.3) is 0 Å². The third kappa shape index (κ3) is 3.15. The van der Waals surface area contributed by atoms with Crippen LogP contribution in [0.1, 0.15) is 13.8 Å². The Morgan fingerprint density at radius 2 is 1.54 bits per heavy atom. The molecule has 2 nitrogen and oxygen atoms in total. The molecule has 13 heavy (non-hydrogen) atoms. The lowest BCUT2D eigenvalue weighted by Crippen LogP contribution is -3.00. The minimum Gasteiger partial charge on any atom is -1.00 e. The molecule has 0 amide bonds. The second-order valence-electron chi connectivity index (χ2n) is 2.69. The Morgan fingerprint density at radius 1 is 1.08 bits per heavy atom. The topological polar surface area (TPSA) is 23.5 Å². The van der Waals surface area contributed by atoms with E-state index in [-0.39, 0.29) is 12.4 Å². The molecule has 0 spiro atoms. The van der Waals surface area contributed by atoms with E-state index in [1.165, 1.54) is 0 Å². The lowest BCUT2D eigenvalue weighted by molar-refractivity contribution is -0.00000360. The standard InChI is InChI=1S/C10H15NO.ClH/c1-3-11(4-2)9-5-7-10(12)8-6-9;/h5-8,12H,3-4H2,1-2H3;1H/p-1. The highest BCUT2D eigenvalue weighted by atomic mass is 35.5. The molecule has 0 bridgehead atoms. The van der Waals surface area contributed by atoms with Crippen molar-refractivity contribution in [3.8, 4) is 5.75 Å². The van der Waals surface area contributed by atoms with Crippen molar-refractivity contribution in [2.45, 2.75) is 13.8 Å². The average molecular weight is 201 g/mol. The normalized spacial score (nSPS) is 9.08. The Labute approximate surface area is 85.6 Å². The van der Waals surface area contributed by atoms with Gasteiger partial charge in [-0.1, -0.05) is 0 Å². The summed E-state index contributed by atoms with van der Waals surface area (Å²) in [7, 11) is 0. The van der Waals surface area contributed by atoms with Gasteiger partial charge < -0.3 is 22.4 Å². The van der Waals surface area contributed by atoms with Crippen LogP contribution in [0.15, 0.2) is 24.3 Å². The van der Waals surface area contributed by atoms with E-state index in [2.05, 4.69) is 18.7 Å². The monoisotopic (exact) mass is 200 g/mol. The molecule has 0 aliphatic carbocycles. The maximum absolute atomic E-state index is 9.07. The molecule has 0 heterocycles. The van der Waals surface area contributed by atoms with Crippen LogP contribution >= 0.6 is 0 Å². The number of halogens is 1. The summed E-state index contributed by atoms with van der Waals surface area (Å²) in [4.78, 5) is 2.24. The van der Waals surface area contributed by atoms with E-state index in [9.17, 15) is 0 Å². The first-order chi connectivity index (χ1) is 5.77. The number of aromatic hydroxyl groups is 1. The van der Waals surface area contributed by atoms with Gasteiger partial charge in [-0.2, -0.15) is 0 Å². The highest BCUT2D eigenvalue weighted by molar-refractivity contribution is 5.48. The maximum Gasteiger partial charge on any atom is 0.115 e. The predicted molar refractivity (Wildman–Crippen MR) is 51.7 cm³/mol. The Morgan fingerprint density at radius 3 is 1.92 bits per heavy atom. The molecule has 0 atom stereocenters. The van der Waals surface area contributed by atoms with E-state index in [1.807, 2.05) is 12.1 Å². The summed E-state index contributed by atoms with van der Waals surface area (Å²) in [6, 6.07) is 7.30. The van der Waals surface area contributed by atoms with Gasteiger partial charge in [-0.05, 0) is 38.1 Å². The smallest absolute Gasteiger partial charge is 0.115 e. The molecule has 1 N–H and O–H groups in total. The molecule has 0 saturated carbocycles. The number of phenols is 1. The Hall–Kier alpha value is -0.890. The third-order valence-corrected chi connectivity index (χ3v) is 1.98. The fourth-order valence-corrected chi connectivity index (χ4v) is 1.25. The highest BCUT2D eigenvalue weighted by Crippen LogP contribution is 2.17. The Balaban J connectivity index is 0.00000144. The number of rotatable bonds is 3. The molecular weight excluding hydrogens is 186 g/mol. The number of benzene rings is 1. The van der Waals surface area contributed by atoms with Gasteiger partial charge in [-0.15, -0.1) is 0 Å². The van der Waals surface area contributed by atoms with Gasteiger partial charge in [0, 0.05) is 18.8 Å². The van der Waals surface area contributed by atoms with Crippen LogP contribution in [0.2, 0.25) is 0 Å². The summed E-state index contributed by atoms with van der Waals surface area (Å²) in [5.41, 5.74) is 1.16. The molecule has 1 aromatic rings. The van der Waals surface area contributed by atoms with Crippen LogP contribution in [0.3, 0.4) is 0 Å². The van der Waals surface area contributed by atoms with E-state index in [0.29, 0.717) is 5.75 Å².